The van der Waals surface area contributed by atoms with Crippen LogP contribution in [-0.4, -0.2) is 15.2 Å². The Hall–Kier alpha value is -2.15. The highest BCUT2D eigenvalue weighted by molar-refractivity contribution is 5.31. The van der Waals surface area contributed by atoms with Crippen molar-refractivity contribution in [3.8, 4) is 6.07 Å². The Balaban J connectivity index is 2.14. The molecule has 0 bridgehead atoms. The highest BCUT2D eigenvalue weighted by Gasteiger charge is 2.04. The van der Waals surface area contributed by atoms with Crippen molar-refractivity contribution in [2.75, 3.05) is 0 Å². The maximum absolute atomic E-state index is 8.54. The van der Waals surface area contributed by atoms with Crippen LogP contribution in [0.15, 0.2) is 18.2 Å². The molecule has 86 valence electrons. The lowest BCUT2D eigenvalue weighted by molar-refractivity contribution is 0.963. The Labute approximate surface area is 100 Å². The Morgan fingerprint density at radius 2 is 2.12 bits per heavy atom. The molecule has 0 amide bonds. The van der Waals surface area contributed by atoms with Crippen LogP contribution in [0.1, 0.15) is 28.3 Å². The van der Waals surface area contributed by atoms with E-state index >= 15 is 0 Å². The van der Waals surface area contributed by atoms with Crippen LogP contribution in [0.3, 0.4) is 0 Å². The summed E-state index contributed by atoms with van der Waals surface area (Å²) in [6.07, 6.45) is 0.975. The summed E-state index contributed by atoms with van der Waals surface area (Å²) in [5.41, 5.74) is 3.77. The average molecular weight is 226 g/mol. The predicted molar refractivity (Wildman–Crippen MR) is 64.4 cm³/mol. The molecule has 0 spiro atoms. The van der Waals surface area contributed by atoms with Crippen molar-refractivity contribution < 1.29 is 0 Å². The smallest absolute Gasteiger partial charge is 0.164 e. The molecule has 0 aliphatic carbocycles. The van der Waals surface area contributed by atoms with Crippen LogP contribution in [0.2, 0.25) is 0 Å². The van der Waals surface area contributed by atoms with Gasteiger partial charge in [0.25, 0.3) is 0 Å². The maximum atomic E-state index is 8.54. The molecule has 4 heteroatoms. The molecule has 1 heterocycles. The summed E-state index contributed by atoms with van der Waals surface area (Å²) in [4.78, 5) is 4.26. The number of aromatic amines is 1. The van der Waals surface area contributed by atoms with E-state index in [1.807, 2.05) is 6.07 Å². The first-order chi connectivity index (χ1) is 8.19. The second-order valence-corrected chi connectivity index (χ2v) is 4.13. The Bertz CT molecular complexity index is 563. The van der Waals surface area contributed by atoms with E-state index in [0.29, 0.717) is 5.82 Å². The average Bonchev–Trinajstić information content (AvgIpc) is 2.72. The lowest BCUT2D eigenvalue weighted by Crippen LogP contribution is -1.93. The van der Waals surface area contributed by atoms with E-state index in [-0.39, 0.29) is 6.42 Å². The first-order valence-electron chi connectivity index (χ1n) is 5.52. The summed E-state index contributed by atoms with van der Waals surface area (Å²) in [5.74, 6) is 1.37. The van der Waals surface area contributed by atoms with Gasteiger partial charge in [0.2, 0.25) is 0 Å². The first-order valence-corrected chi connectivity index (χ1v) is 5.52. The number of benzene rings is 1. The van der Waals surface area contributed by atoms with Gasteiger partial charge in [0.1, 0.15) is 5.82 Å². The maximum Gasteiger partial charge on any atom is 0.164 e. The minimum atomic E-state index is 0.253. The number of nitriles is 1. The van der Waals surface area contributed by atoms with Crippen LogP contribution >= 0.6 is 0 Å². The summed E-state index contributed by atoms with van der Waals surface area (Å²) in [6.45, 7) is 4.19. The van der Waals surface area contributed by atoms with Gasteiger partial charge in [-0.1, -0.05) is 18.2 Å². The van der Waals surface area contributed by atoms with Crippen LogP contribution in [0.5, 0.6) is 0 Å². The summed E-state index contributed by atoms with van der Waals surface area (Å²) in [6, 6.07) is 8.39. The summed E-state index contributed by atoms with van der Waals surface area (Å²) < 4.78 is 0. The van der Waals surface area contributed by atoms with Gasteiger partial charge in [0, 0.05) is 6.42 Å². The van der Waals surface area contributed by atoms with E-state index in [0.717, 1.165) is 12.2 Å². The lowest BCUT2D eigenvalue weighted by atomic mass is 10.0. The Morgan fingerprint density at radius 1 is 1.29 bits per heavy atom. The summed E-state index contributed by atoms with van der Waals surface area (Å²) in [7, 11) is 0. The number of nitrogens with zero attached hydrogens (tertiary/aromatic N) is 3. The lowest BCUT2D eigenvalue weighted by Gasteiger charge is -2.03. The molecular weight excluding hydrogens is 212 g/mol. The minimum absolute atomic E-state index is 0.253. The van der Waals surface area contributed by atoms with Crippen molar-refractivity contribution >= 4 is 0 Å². The summed E-state index contributed by atoms with van der Waals surface area (Å²) >= 11 is 0. The minimum Gasteiger partial charge on any atom is -0.263 e. The topological polar surface area (TPSA) is 65.4 Å². The molecule has 0 fully saturated rings. The monoisotopic (exact) mass is 226 g/mol. The quantitative estimate of drug-likeness (QED) is 0.871. The zero-order valence-corrected chi connectivity index (χ0v) is 9.99. The third-order valence-corrected chi connectivity index (χ3v) is 2.76. The number of hydrogen-bond acceptors (Lipinski definition) is 3. The molecule has 0 aliphatic heterocycles. The molecule has 1 aromatic heterocycles. The number of hydrogen-bond donors (Lipinski definition) is 1. The number of rotatable bonds is 3. The van der Waals surface area contributed by atoms with Crippen molar-refractivity contribution in [3.63, 3.8) is 0 Å². The van der Waals surface area contributed by atoms with E-state index in [2.05, 4.69) is 47.2 Å². The van der Waals surface area contributed by atoms with Gasteiger partial charge in [0.05, 0.1) is 12.5 Å². The second kappa shape index (κ2) is 4.79. The van der Waals surface area contributed by atoms with Crippen LogP contribution < -0.4 is 0 Å². The zero-order valence-electron chi connectivity index (χ0n) is 9.99. The molecule has 2 rings (SSSR count). The van der Waals surface area contributed by atoms with Crippen LogP contribution in [0.25, 0.3) is 0 Å². The van der Waals surface area contributed by atoms with E-state index in [1.54, 1.807) is 0 Å². The van der Waals surface area contributed by atoms with Crippen LogP contribution in [0, 0.1) is 25.2 Å². The van der Waals surface area contributed by atoms with Crippen molar-refractivity contribution in [1.82, 2.24) is 15.2 Å². The van der Waals surface area contributed by atoms with Gasteiger partial charge in [-0.3, -0.25) is 5.10 Å². The fourth-order valence-corrected chi connectivity index (χ4v) is 1.67. The fourth-order valence-electron chi connectivity index (χ4n) is 1.67. The molecule has 0 saturated heterocycles. The second-order valence-electron chi connectivity index (χ2n) is 4.13. The fraction of sp³-hybridized carbons (Fsp3) is 0.308. The molecule has 1 aromatic carbocycles. The molecule has 0 atom stereocenters. The van der Waals surface area contributed by atoms with Crippen LogP contribution in [0.4, 0.5) is 0 Å². The van der Waals surface area contributed by atoms with Crippen LogP contribution in [-0.2, 0) is 12.8 Å². The van der Waals surface area contributed by atoms with Gasteiger partial charge in [-0.15, -0.1) is 0 Å². The van der Waals surface area contributed by atoms with E-state index in [1.165, 1.54) is 16.7 Å². The molecule has 0 saturated carbocycles. The Kier molecular flexibility index (Phi) is 3.20. The van der Waals surface area contributed by atoms with E-state index < -0.39 is 0 Å². The van der Waals surface area contributed by atoms with Gasteiger partial charge < -0.3 is 0 Å². The number of aryl methyl sites for hydroxylation is 2. The number of nitrogens with one attached hydrogen (secondary N) is 1. The SMILES string of the molecule is Cc1ccc(Cc2nc(CC#N)n[nH]2)cc1C. The van der Waals surface area contributed by atoms with Crippen molar-refractivity contribution in [1.29, 1.82) is 5.26 Å². The van der Waals surface area contributed by atoms with Gasteiger partial charge in [-0.05, 0) is 30.5 Å². The molecule has 0 aliphatic rings. The van der Waals surface area contributed by atoms with Gasteiger partial charge in [0.15, 0.2) is 5.82 Å². The van der Waals surface area contributed by atoms with Gasteiger partial charge in [-0.25, -0.2) is 4.98 Å². The Morgan fingerprint density at radius 3 is 2.82 bits per heavy atom. The zero-order chi connectivity index (χ0) is 12.3. The predicted octanol–water partition coefficient (Wildman–Crippen LogP) is 2.08. The van der Waals surface area contributed by atoms with E-state index in [4.69, 9.17) is 5.26 Å². The first kappa shape index (κ1) is 11.3. The van der Waals surface area contributed by atoms with Crippen molar-refractivity contribution in [3.05, 3.63) is 46.5 Å². The number of aromatic nitrogens is 3. The molecular formula is C13H14N4. The molecule has 2 aromatic rings. The van der Waals surface area contributed by atoms with Crippen molar-refractivity contribution in [2.45, 2.75) is 26.7 Å². The van der Waals surface area contributed by atoms with Crippen molar-refractivity contribution in [2.24, 2.45) is 0 Å². The normalized spacial score (nSPS) is 10.2. The standard InChI is InChI=1S/C13H14N4/c1-9-3-4-11(7-10(9)2)8-13-15-12(5-6-14)16-17-13/h3-4,7H,5,8H2,1-2H3,(H,15,16,17). The highest BCUT2D eigenvalue weighted by Crippen LogP contribution is 2.12. The molecule has 4 nitrogen and oxygen atoms in total. The largest absolute Gasteiger partial charge is 0.263 e. The molecule has 0 unspecified atom stereocenters. The molecule has 1 N–H and O–H groups in total. The third-order valence-electron chi connectivity index (χ3n) is 2.76. The van der Waals surface area contributed by atoms with Gasteiger partial charge >= 0.3 is 0 Å². The third kappa shape index (κ3) is 2.70. The van der Waals surface area contributed by atoms with Gasteiger partial charge in [-0.2, -0.15) is 10.4 Å². The highest BCUT2D eigenvalue weighted by atomic mass is 15.2. The molecule has 0 radical (unpaired) electrons. The summed E-state index contributed by atoms with van der Waals surface area (Å²) in [5, 5.41) is 15.4. The van der Waals surface area contributed by atoms with E-state index in [9.17, 15) is 0 Å². The number of H-pyrrole nitrogens is 1. The molecule has 17 heavy (non-hydrogen) atoms.